The second-order valence-corrected chi connectivity index (χ2v) is 12.9. The number of methoxy groups -OCH3 is 1. The Morgan fingerprint density at radius 3 is 2.31 bits per heavy atom. The minimum absolute atomic E-state index is 0.0211. The third kappa shape index (κ3) is 8.19. The van der Waals surface area contributed by atoms with E-state index in [9.17, 15) is 27.2 Å². The van der Waals surface area contributed by atoms with Crippen molar-refractivity contribution >= 4 is 11.9 Å². The van der Waals surface area contributed by atoms with E-state index in [0.717, 1.165) is 17.0 Å². The molecule has 1 saturated heterocycles. The molecule has 2 aromatic carbocycles. The van der Waals surface area contributed by atoms with E-state index in [4.69, 9.17) is 9.47 Å². The van der Waals surface area contributed by atoms with Crippen LogP contribution in [0.1, 0.15) is 85.1 Å². The maximum Gasteiger partial charge on any atom is 0.401 e. The summed E-state index contributed by atoms with van der Waals surface area (Å²) in [7, 11) is 1.20. The van der Waals surface area contributed by atoms with E-state index in [1.807, 2.05) is 4.90 Å². The molecule has 3 unspecified atom stereocenters. The summed E-state index contributed by atoms with van der Waals surface area (Å²) in [5, 5.41) is 0. The lowest BCUT2D eigenvalue weighted by Crippen LogP contribution is -2.47. The molecular weight excluding hydrogens is 602 g/mol. The molecule has 0 saturated carbocycles. The molecule has 0 amide bonds. The largest absolute Gasteiger partial charge is 0.465 e. The van der Waals surface area contributed by atoms with E-state index in [1.54, 1.807) is 20.8 Å². The van der Waals surface area contributed by atoms with Gasteiger partial charge in [0.25, 0.3) is 0 Å². The van der Waals surface area contributed by atoms with Crippen molar-refractivity contribution in [1.82, 2.24) is 9.80 Å². The number of halogens is 6. The monoisotopic (exact) mass is 642 g/mol. The Morgan fingerprint density at radius 2 is 1.73 bits per heavy atom. The molecule has 4 atom stereocenters. The van der Waals surface area contributed by atoms with Crippen molar-refractivity contribution in [2.75, 3.05) is 40.0 Å². The Balaban J connectivity index is 1.81. The first-order valence-electron chi connectivity index (χ1n) is 15.1. The van der Waals surface area contributed by atoms with Crippen LogP contribution in [0.3, 0.4) is 0 Å². The summed E-state index contributed by atoms with van der Waals surface area (Å²) < 4.78 is 97.1. The SMILES string of the molecule is COC(=O)c1ccc2c(c1)C[C@@H](C)N(CC(F)(F)F)C2c1c(F)cc(C(C(=O)OC(C)(C)C)C2CCN(CCCF)C2)cc1F. The van der Waals surface area contributed by atoms with Crippen LogP contribution in [0.25, 0.3) is 0 Å². The Labute approximate surface area is 259 Å². The lowest BCUT2D eigenvalue weighted by Gasteiger charge is -2.42. The highest BCUT2D eigenvalue weighted by atomic mass is 19.4. The summed E-state index contributed by atoms with van der Waals surface area (Å²) in [6.07, 6.45) is -3.73. The van der Waals surface area contributed by atoms with Gasteiger partial charge in [-0.2, -0.15) is 13.2 Å². The summed E-state index contributed by atoms with van der Waals surface area (Å²) in [5.41, 5.74) is -0.572. The minimum atomic E-state index is -4.67. The zero-order chi connectivity index (χ0) is 33.3. The van der Waals surface area contributed by atoms with E-state index >= 15 is 8.78 Å². The van der Waals surface area contributed by atoms with Gasteiger partial charge in [0.1, 0.15) is 17.2 Å². The van der Waals surface area contributed by atoms with Crippen molar-refractivity contribution in [2.24, 2.45) is 5.92 Å². The molecule has 45 heavy (non-hydrogen) atoms. The number of likely N-dealkylation sites (tertiary alicyclic amines) is 1. The first-order valence-corrected chi connectivity index (χ1v) is 15.1. The Hall–Kier alpha value is -3.12. The van der Waals surface area contributed by atoms with Crippen LogP contribution in [0, 0.1) is 17.6 Å². The molecular formula is C33H40F6N2O4. The number of ether oxygens (including phenoxy) is 2. The van der Waals surface area contributed by atoms with Crippen LogP contribution in [0.2, 0.25) is 0 Å². The Kier molecular flexibility index (Phi) is 10.6. The summed E-state index contributed by atoms with van der Waals surface area (Å²) in [4.78, 5) is 28.6. The molecule has 0 N–H and O–H groups in total. The predicted molar refractivity (Wildman–Crippen MR) is 156 cm³/mol. The van der Waals surface area contributed by atoms with Gasteiger partial charge in [-0.1, -0.05) is 6.07 Å². The van der Waals surface area contributed by atoms with Gasteiger partial charge in [0.05, 0.1) is 37.9 Å². The number of hydrogen-bond acceptors (Lipinski definition) is 6. The second-order valence-electron chi connectivity index (χ2n) is 12.9. The molecule has 2 aliphatic rings. The average Bonchev–Trinajstić information content (AvgIpc) is 3.38. The Bertz CT molecular complexity index is 1370. The van der Waals surface area contributed by atoms with E-state index in [2.05, 4.69) is 0 Å². The van der Waals surface area contributed by atoms with Crippen LogP contribution in [-0.4, -0.2) is 79.5 Å². The molecule has 0 aromatic heterocycles. The smallest absolute Gasteiger partial charge is 0.401 e. The van der Waals surface area contributed by atoms with Crippen LogP contribution in [0.4, 0.5) is 26.3 Å². The van der Waals surface area contributed by atoms with Gasteiger partial charge >= 0.3 is 18.1 Å². The number of alkyl halides is 4. The van der Waals surface area contributed by atoms with Gasteiger partial charge in [-0.15, -0.1) is 0 Å². The third-order valence-corrected chi connectivity index (χ3v) is 8.42. The van der Waals surface area contributed by atoms with Gasteiger partial charge in [0.15, 0.2) is 0 Å². The molecule has 2 heterocycles. The molecule has 0 aliphatic carbocycles. The summed E-state index contributed by atoms with van der Waals surface area (Å²) in [5.74, 6) is -4.94. The van der Waals surface area contributed by atoms with Crippen molar-refractivity contribution in [1.29, 1.82) is 0 Å². The average molecular weight is 643 g/mol. The van der Waals surface area contributed by atoms with Crippen LogP contribution in [0.15, 0.2) is 30.3 Å². The molecule has 2 aliphatic heterocycles. The maximum atomic E-state index is 16.3. The van der Waals surface area contributed by atoms with Gasteiger partial charge in [0, 0.05) is 24.7 Å². The fourth-order valence-electron chi connectivity index (χ4n) is 6.57. The lowest BCUT2D eigenvalue weighted by atomic mass is 9.81. The number of benzene rings is 2. The maximum absolute atomic E-state index is 16.3. The van der Waals surface area contributed by atoms with E-state index in [1.165, 1.54) is 32.2 Å². The van der Waals surface area contributed by atoms with Gasteiger partial charge in [-0.3, -0.25) is 14.1 Å². The molecule has 248 valence electrons. The molecule has 2 aromatic rings. The number of fused-ring (bicyclic) bond motifs is 1. The number of carbonyl (C=O) groups is 2. The number of hydrogen-bond donors (Lipinski definition) is 0. The topological polar surface area (TPSA) is 59.1 Å². The standard InChI is InChI=1S/C33H40F6N2O4/c1-19-13-22-14-20(30(42)44-5)7-8-24(22)29(41(19)18-33(37,38)39)28-25(35)15-23(16-26(28)36)27(31(43)45-32(2,3)4)21-9-12-40(17-21)11-6-10-34/h7-8,14-16,19,21,27,29H,6,9-13,17-18H2,1-5H3/t19-,21?,27?,29?/m1/s1. The summed E-state index contributed by atoms with van der Waals surface area (Å²) in [6, 6.07) is 4.02. The second kappa shape index (κ2) is 13.7. The Morgan fingerprint density at radius 1 is 1.07 bits per heavy atom. The van der Waals surface area contributed by atoms with E-state index in [-0.39, 0.29) is 29.0 Å². The highest BCUT2D eigenvalue weighted by molar-refractivity contribution is 5.89. The molecule has 4 rings (SSSR count). The minimum Gasteiger partial charge on any atom is -0.465 e. The number of rotatable bonds is 9. The zero-order valence-corrected chi connectivity index (χ0v) is 26.1. The highest BCUT2D eigenvalue weighted by Gasteiger charge is 2.44. The van der Waals surface area contributed by atoms with E-state index < -0.39 is 72.1 Å². The zero-order valence-electron chi connectivity index (χ0n) is 26.1. The molecule has 0 spiro atoms. The van der Waals surface area contributed by atoms with Crippen molar-refractivity contribution < 1.29 is 45.4 Å². The van der Waals surface area contributed by atoms with Crippen molar-refractivity contribution in [2.45, 2.75) is 76.7 Å². The van der Waals surface area contributed by atoms with Crippen LogP contribution in [-0.2, 0) is 20.7 Å². The third-order valence-electron chi connectivity index (χ3n) is 8.42. The molecule has 0 bridgehead atoms. The number of carbonyl (C=O) groups excluding carboxylic acids is 2. The van der Waals surface area contributed by atoms with Crippen LogP contribution < -0.4 is 0 Å². The van der Waals surface area contributed by atoms with Crippen molar-refractivity contribution in [3.63, 3.8) is 0 Å². The summed E-state index contributed by atoms with van der Waals surface area (Å²) >= 11 is 0. The van der Waals surface area contributed by atoms with Crippen molar-refractivity contribution in [3.8, 4) is 0 Å². The van der Waals surface area contributed by atoms with Gasteiger partial charge < -0.3 is 14.4 Å². The van der Waals surface area contributed by atoms with Crippen molar-refractivity contribution in [3.05, 3.63) is 69.8 Å². The fourth-order valence-corrected chi connectivity index (χ4v) is 6.57. The predicted octanol–water partition coefficient (Wildman–Crippen LogP) is 6.76. The molecule has 1 fully saturated rings. The quantitative estimate of drug-likeness (QED) is 0.223. The lowest BCUT2D eigenvalue weighted by molar-refractivity contribution is -0.158. The van der Waals surface area contributed by atoms with E-state index in [0.29, 0.717) is 38.0 Å². The number of nitrogens with zero attached hydrogens (tertiary/aromatic N) is 2. The first kappa shape index (κ1) is 34.7. The summed E-state index contributed by atoms with van der Waals surface area (Å²) in [6.45, 7) is 6.09. The van der Waals surface area contributed by atoms with Gasteiger partial charge in [-0.05, 0) is 100 Å². The molecule has 6 nitrogen and oxygen atoms in total. The molecule has 0 radical (unpaired) electrons. The van der Waals surface area contributed by atoms with Gasteiger partial charge in [0.2, 0.25) is 0 Å². The van der Waals surface area contributed by atoms with Gasteiger partial charge in [-0.25, -0.2) is 13.6 Å². The highest BCUT2D eigenvalue weighted by Crippen LogP contribution is 2.43. The number of esters is 2. The molecule has 12 heteroatoms. The van der Waals surface area contributed by atoms with Crippen LogP contribution in [0.5, 0.6) is 0 Å². The fraction of sp³-hybridized carbons (Fsp3) is 0.576. The normalized spacial score (nSPS) is 21.8. The van der Waals surface area contributed by atoms with Crippen LogP contribution >= 0.6 is 0 Å². The first-order chi connectivity index (χ1) is 21.0.